The maximum absolute atomic E-state index is 12.5. The Labute approximate surface area is 89.5 Å². The van der Waals surface area contributed by atoms with E-state index in [-0.39, 0.29) is 27.9 Å². The number of rotatable bonds is 3. The van der Waals surface area contributed by atoms with Crippen LogP contribution in [0.2, 0.25) is 5.15 Å². The number of hydrogen-bond acceptors (Lipinski definition) is 2. The molecule has 0 aliphatic rings. The summed E-state index contributed by atoms with van der Waals surface area (Å²) in [5, 5.41) is 8.90. The van der Waals surface area contributed by atoms with E-state index in [4.69, 9.17) is 28.3 Å². The number of hydrogen-bond donors (Lipinski definition) is 1. The number of aromatic nitrogens is 1. The third-order valence-corrected chi connectivity index (χ3v) is 2.15. The van der Waals surface area contributed by atoms with Crippen molar-refractivity contribution in [3.05, 3.63) is 28.0 Å². The van der Waals surface area contributed by atoms with Crippen LogP contribution in [0.3, 0.4) is 0 Å². The van der Waals surface area contributed by atoms with Crippen LogP contribution in [0, 0.1) is 0 Å². The molecule has 0 saturated carbocycles. The normalized spacial score (nSPS) is 11.0. The predicted molar refractivity (Wildman–Crippen MR) is 49.7 cm³/mol. The first-order valence-electron chi connectivity index (χ1n) is 3.73. The minimum absolute atomic E-state index is 0.0122. The second-order valence-corrected chi connectivity index (χ2v) is 3.21. The molecule has 0 fully saturated rings. The van der Waals surface area contributed by atoms with E-state index in [1.165, 1.54) is 6.07 Å². The van der Waals surface area contributed by atoms with Gasteiger partial charge in [0.1, 0.15) is 5.15 Å². The van der Waals surface area contributed by atoms with Gasteiger partial charge in [0.05, 0.1) is 18.2 Å². The van der Waals surface area contributed by atoms with Crippen molar-refractivity contribution in [2.45, 2.75) is 18.9 Å². The maximum atomic E-state index is 12.5. The molecule has 1 aromatic rings. The molecule has 6 heteroatoms. The summed E-state index contributed by atoms with van der Waals surface area (Å²) in [6.45, 7) is -0.508. The Morgan fingerprint density at radius 3 is 2.57 bits per heavy atom. The molecule has 0 unspecified atom stereocenters. The van der Waals surface area contributed by atoms with E-state index in [9.17, 15) is 8.78 Å². The predicted octanol–water partition coefficient (Wildman–Crippen LogP) is 2.90. The Hall–Kier alpha value is -0.450. The highest BCUT2D eigenvalue weighted by Gasteiger charge is 2.19. The van der Waals surface area contributed by atoms with Gasteiger partial charge in [-0.1, -0.05) is 11.6 Å². The largest absolute Gasteiger partial charge is 0.392 e. The molecular formula is C8H7Cl2F2NO. The van der Waals surface area contributed by atoms with Crippen molar-refractivity contribution in [1.29, 1.82) is 0 Å². The van der Waals surface area contributed by atoms with Gasteiger partial charge in [0.25, 0.3) is 6.43 Å². The fraction of sp³-hybridized carbons (Fsp3) is 0.375. The Bertz CT molecular complexity index is 308. The van der Waals surface area contributed by atoms with Gasteiger partial charge in [-0.15, -0.1) is 11.6 Å². The van der Waals surface area contributed by atoms with Crippen LogP contribution in [-0.2, 0) is 12.5 Å². The topological polar surface area (TPSA) is 33.1 Å². The Balaban J connectivity index is 3.33. The molecule has 1 aromatic heterocycles. The highest BCUT2D eigenvalue weighted by atomic mass is 35.5. The monoisotopic (exact) mass is 241 g/mol. The molecule has 1 heterocycles. The molecule has 1 rings (SSSR count). The molecule has 78 valence electrons. The van der Waals surface area contributed by atoms with E-state index >= 15 is 0 Å². The molecule has 1 N–H and O–H groups in total. The first kappa shape index (κ1) is 11.6. The summed E-state index contributed by atoms with van der Waals surface area (Å²) in [5.74, 6) is -0.159. The molecule has 0 aliphatic carbocycles. The van der Waals surface area contributed by atoms with Gasteiger partial charge in [-0.2, -0.15) is 0 Å². The van der Waals surface area contributed by atoms with Crippen LogP contribution in [0.1, 0.15) is 23.2 Å². The van der Waals surface area contributed by atoms with Crippen molar-refractivity contribution < 1.29 is 13.9 Å². The summed E-state index contributed by atoms with van der Waals surface area (Å²) in [4.78, 5) is 3.66. The van der Waals surface area contributed by atoms with Crippen molar-refractivity contribution in [2.75, 3.05) is 0 Å². The van der Waals surface area contributed by atoms with E-state index in [1.54, 1.807) is 0 Å². The average molecular weight is 242 g/mol. The summed E-state index contributed by atoms with van der Waals surface area (Å²) in [6.07, 6.45) is -2.71. The van der Waals surface area contributed by atoms with Crippen molar-refractivity contribution in [1.82, 2.24) is 4.98 Å². The molecule has 0 spiro atoms. The number of aliphatic hydroxyl groups excluding tert-OH is 1. The third kappa shape index (κ3) is 2.32. The van der Waals surface area contributed by atoms with Gasteiger partial charge in [0.15, 0.2) is 0 Å². The smallest absolute Gasteiger partial charge is 0.266 e. The highest BCUT2D eigenvalue weighted by Crippen LogP contribution is 2.28. The van der Waals surface area contributed by atoms with Crippen LogP contribution in [0.4, 0.5) is 8.78 Å². The SMILES string of the molecule is OCc1cc(Cl)nc(CCl)c1C(F)F. The van der Waals surface area contributed by atoms with Crippen molar-refractivity contribution in [3.63, 3.8) is 0 Å². The van der Waals surface area contributed by atoms with Crippen LogP contribution >= 0.6 is 23.2 Å². The van der Waals surface area contributed by atoms with Gasteiger partial charge in [-0.3, -0.25) is 0 Å². The van der Waals surface area contributed by atoms with Crippen LogP contribution in [0.15, 0.2) is 6.07 Å². The van der Waals surface area contributed by atoms with E-state index in [0.717, 1.165) is 0 Å². The number of halogens is 4. The van der Waals surface area contributed by atoms with E-state index in [0.29, 0.717) is 0 Å². The molecular weight excluding hydrogens is 235 g/mol. The lowest BCUT2D eigenvalue weighted by atomic mass is 10.1. The van der Waals surface area contributed by atoms with E-state index < -0.39 is 13.0 Å². The van der Waals surface area contributed by atoms with Crippen LogP contribution in [-0.4, -0.2) is 10.1 Å². The van der Waals surface area contributed by atoms with Crippen LogP contribution < -0.4 is 0 Å². The third-order valence-electron chi connectivity index (χ3n) is 1.71. The summed E-state index contributed by atoms with van der Waals surface area (Å²) in [5.41, 5.74) is -0.249. The number of pyridine rings is 1. The first-order valence-corrected chi connectivity index (χ1v) is 4.64. The van der Waals surface area contributed by atoms with Crippen LogP contribution in [0.25, 0.3) is 0 Å². The lowest BCUT2D eigenvalue weighted by Crippen LogP contribution is -2.03. The molecule has 0 bridgehead atoms. The maximum Gasteiger partial charge on any atom is 0.266 e. The lowest BCUT2D eigenvalue weighted by molar-refractivity contribution is 0.145. The minimum atomic E-state index is -2.71. The molecule has 0 amide bonds. The quantitative estimate of drug-likeness (QED) is 0.652. The van der Waals surface area contributed by atoms with Gasteiger partial charge in [-0.25, -0.2) is 13.8 Å². The van der Waals surface area contributed by atoms with Crippen molar-refractivity contribution in [3.8, 4) is 0 Å². The van der Waals surface area contributed by atoms with E-state index in [2.05, 4.69) is 4.98 Å². The molecule has 2 nitrogen and oxygen atoms in total. The Morgan fingerprint density at radius 1 is 1.50 bits per heavy atom. The summed E-state index contributed by atoms with van der Waals surface area (Å²) in [6, 6.07) is 1.21. The second kappa shape index (κ2) is 4.87. The highest BCUT2D eigenvalue weighted by molar-refractivity contribution is 6.29. The summed E-state index contributed by atoms with van der Waals surface area (Å²) in [7, 11) is 0. The van der Waals surface area contributed by atoms with Gasteiger partial charge < -0.3 is 5.11 Å². The molecule has 0 aromatic carbocycles. The number of nitrogens with zero attached hydrogens (tertiary/aromatic N) is 1. The Kier molecular flexibility index (Phi) is 4.04. The molecule has 0 saturated heterocycles. The molecule has 14 heavy (non-hydrogen) atoms. The first-order chi connectivity index (χ1) is 6.60. The molecule has 0 atom stereocenters. The fourth-order valence-corrected chi connectivity index (χ4v) is 1.56. The van der Waals surface area contributed by atoms with E-state index in [1.807, 2.05) is 0 Å². The number of aliphatic hydroxyl groups is 1. The standard InChI is InChI=1S/C8H7Cl2F2NO/c9-2-5-7(8(11)12)4(3-14)1-6(10)13-5/h1,8,14H,2-3H2. The molecule has 0 aliphatic heterocycles. The fourth-order valence-electron chi connectivity index (χ4n) is 1.13. The zero-order chi connectivity index (χ0) is 10.7. The lowest BCUT2D eigenvalue weighted by Gasteiger charge is -2.10. The molecule has 0 radical (unpaired) electrons. The zero-order valence-corrected chi connectivity index (χ0v) is 8.49. The van der Waals surface area contributed by atoms with Gasteiger partial charge in [0.2, 0.25) is 0 Å². The average Bonchev–Trinajstić information content (AvgIpc) is 2.15. The number of alkyl halides is 3. The second-order valence-electron chi connectivity index (χ2n) is 2.56. The summed E-state index contributed by atoms with van der Waals surface area (Å²) >= 11 is 11.0. The minimum Gasteiger partial charge on any atom is -0.392 e. The van der Waals surface area contributed by atoms with Gasteiger partial charge >= 0.3 is 0 Å². The van der Waals surface area contributed by atoms with Gasteiger partial charge in [-0.05, 0) is 11.6 Å². The van der Waals surface area contributed by atoms with Crippen LogP contribution in [0.5, 0.6) is 0 Å². The zero-order valence-electron chi connectivity index (χ0n) is 6.98. The van der Waals surface area contributed by atoms with Crippen molar-refractivity contribution in [2.24, 2.45) is 0 Å². The van der Waals surface area contributed by atoms with Crippen molar-refractivity contribution >= 4 is 23.2 Å². The van der Waals surface area contributed by atoms with Gasteiger partial charge in [0, 0.05) is 5.56 Å². The Morgan fingerprint density at radius 2 is 2.14 bits per heavy atom. The summed E-state index contributed by atoms with van der Waals surface area (Å²) < 4.78 is 25.1.